The van der Waals surface area contributed by atoms with Crippen molar-refractivity contribution in [3.63, 3.8) is 0 Å². The largest absolute Gasteiger partial charge is 0.330 e. The summed E-state index contributed by atoms with van der Waals surface area (Å²) >= 11 is 0. The number of nitrogens with two attached hydrogens (primary N) is 1. The van der Waals surface area contributed by atoms with Crippen molar-refractivity contribution in [3.8, 4) is 0 Å². The van der Waals surface area contributed by atoms with E-state index in [1.54, 1.807) is 38.5 Å². The summed E-state index contributed by atoms with van der Waals surface area (Å²) < 4.78 is 0. The fourth-order valence-electron chi connectivity index (χ4n) is 6.26. The first-order valence-corrected chi connectivity index (χ1v) is 8.85. The highest BCUT2D eigenvalue weighted by Crippen LogP contribution is 2.63. The van der Waals surface area contributed by atoms with Gasteiger partial charge < -0.3 is 5.73 Å². The lowest BCUT2D eigenvalue weighted by Gasteiger charge is -2.59. The Bertz CT molecular complexity index is 274. The summed E-state index contributed by atoms with van der Waals surface area (Å²) in [6.45, 7) is 5.81. The SMILES string of the molecule is CCC(CCN)CC(C)C12CC3CC(CC(C3)C1)C2. The highest BCUT2D eigenvalue weighted by Gasteiger charge is 2.52. The van der Waals surface area contributed by atoms with Gasteiger partial charge in [0.15, 0.2) is 0 Å². The van der Waals surface area contributed by atoms with Crippen molar-refractivity contribution in [1.82, 2.24) is 0 Å². The molecule has 0 aromatic rings. The lowest BCUT2D eigenvalue weighted by molar-refractivity contribution is -0.0879. The molecule has 4 aliphatic carbocycles. The van der Waals surface area contributed by atoms with Crippen molar-refractivity contribution in [2.24, 2.45) is 40.7 Å². The summed E-state index contributed by atoms with van der Waals surface area (Å²) in [5.41, 5.74) is 6.53. The van der Waals surface area contributed by atoms with E-state index in [0.29, 0.717) is 0 Å². The monoisotopic (exact) mass is 263 g/mol. The molecule has 4 fully saturated rings. The van der Waals surface area contributed by atoms with Gasteiger partial charge in [0.2, 0.25) is 0 Å². The third kappa shape index (κ3) is 2.60. The van der Waals surface area contributed by atoms with Gasteiger partial charge in [-0.2, -0.15) is 0 Å². The summed E-state index contributed by atoms with van der Waals surface area (Å²) in [6.07, 6.45) is 13.4. The van der Waals surface area contributed by atoms with Gasteiger partial charge in [-0.05, 0) is 92.9 Å². The molecular weight excluding hydrogens is 230 g/mol. The second kappa shape index (κ2) is 5.39. The van der Waals surface area contributed by atoms with Gasteiger partial charge in [0.05, 0.1) is 0 Å². The normalized spacial score (nSPS) is 43.4. The Kier molecular flexibility index (Phi) is 3.95. The zero-order valence-electron chi connectivity index (χ0n) is 13.0. The van der Waals surface area contributed by atoms with Crippen molar-refractivity contribution >= 4 is 0 Å². The Morgan fingerprint density at radius 3 is 2.00 bits per heavy atom. The van der Waals surface area contributed by atoms with Gasteiger partial charge in [-0.1, -0.05) is 20.3 Å². The van der Waals surface area contributed by atoms with Gasteiger partial charge in [-0.15, -0.1) is 0 Å². The molecule has 4 bridgehead atoms. The van der Waals surface area contributed by atoms with Crippen molar-refractivity contribution < 1.29 is 0 Å². The highest BCUT2D eigenvalue weighted by atomic mass is 14.6. The Morgan fingerprint density at radius 1 is 1.05 bits per heavy atom. The first-order valence-electron chi connectivity index (χ1n) is 8.85. The summed E-state index contributed by atoms with van der Waals surface area (Å²) in [7, 11) is 0. The second-order valence-corrected chi connectivity index (χ2v) is 8.27. The predicted molar refractivity (Wildman–Crippen MR) is 81.8 cm³/mol. The predicted octanol–water partition coefficient (Wildman–Crippen LogP) is 4.60. The van der Waals surface area contributed by atoms with E-state index in [4.69, 9.17) is 5.73 Å². The molecule has 0 aromatic carbocycles. The van der Waals surface area contributed by atoms with E-state index in [0.717, 1.165) is 41.5 Å². The van der Waals surface area contributed by atoms with E-state index < -0.39 is 0 Å². The molecule has 2 unspecified atom stereocenters. The molecule has 0 radical (unpaired) electrons. The second-order valence-electron chi connectivity index (χ2n) is 8.27. The molecule has 1 heteroatoms. The minimum atomic E-state index is 0.747. The van der Waals surface area contributed by atoms with Crippen LogP contribution in [-0.4, -0.2) is 6.54 Å². The van der Waals surface area contributed by atoms with Crippen molar-refractivity contribution in [2.75, 3.05) is 6.54 Å². The maximum atomic E-state index is 5.79. The van der Waals surface area contributed by atoms with Crippen molar-refractivity contribution in [1.29, 1.82) is 0 Å². The maximum absolute atomic E-state index is 5.79. The van der Waals surface area contributed by atoms with Crippen LogP contribution in [0.25, 0.3) is 0 Å². The Labute approximate surface area is 119 Å². The fraction of sp³-hybridized carbons (Fsp3) is 1.00. The summed E-state index contributed by atoms with van der Waals surface area (Å²) in [6, 6.07) is 0. The number of hydrogen-bond acceptors (Lipinski definition) is 1. The first-order chi connectivity index (χ1) is 9.15. The Hall–Kier alpha value is -0.0400. The van der Waals surface area contributed by atoms with E-state index >= 15 is 0 Å². The van der Waals surface area contributed by atoms with Crippen LogP contribution in [0, 0.1) is 35.0 Å². The standard InChI is InChI=1S/C18H33N/c1-3-14(4-5-19)6-13(2)18-10-15-7-16(11-18)9-17(8-15)12-18/h13-17H,3-12,19H2,1-2H3. The van der Waals surface area contributed by atoms with E-state index in [1.807, 2.05) is 0 Å². The van der Waals surface area contributed by atoms with Crippen LogP contribution in [0.4, 0.5) is 0 Å². The molecule has 0 aliphatic heterocycles. The molecule has 2 atom stereocenters. The van der Waals surface area contributed by atoms with E-state index in [2.05, 4.69) is 13.8 Å². The molecule has 0 aromatic heterocycles. The van der Waals surface area contributed by atoms with Gasteiger partial charge >= 0.3 is 0 Å². The highest BCUT2D eigenvalue weighted by molar-refractivity contribution is 5.03. The minimum Gasteiger partial charge on any atom is -0.330 e. The molecule has 4 rings (SSSR count). The Morgan fingerprint density at radius 2 is 1.58 bits per heavy atom. The lowest BCUT2D eigenvalue weighted by Crippen LogP contribution is -2.49. The van der Waals surface area contributed by atoms with Gasteiger partial charge in [-0.3, -0.25) is 0 Å². The molecule has 1 nitrogen and oxygen atoms in total. The quantitative estimate of drug-likeness (QED) is 0.744. The molecule has 110 valence electrons. The molecule has 0 saturated heterocycles. The molecule has 19 heavy (non-hydrogen) atoms. The van der Waals surface area contributed by atoms with Crippen LogP contribution < -0.4 is 5.73 Å². The minimum absolute atomic E-state index is 0.747. The van der Waals surface area contributed by atoms with Crippen LogP contribution in [0.1, 0.15) is 71.6 Å². The molecule has 4 aliphatic rings. The van der Waals surface area contributed by atoms with Crippen molar-refractivity contribution in [2.45, 2.75) is 71.6 Å². The summed E-state index contributed by atoms with van der Waals surface area (Å²) in [4.78, 5) is 0. The fourth-order valence-corrected chi connectivity index (χ4v) is 6.26. The van der Waals surface area contributed by atoms with Crippen LogP contribution in [0.3, 0.4) is 0 Å². The molecule has 4 saturated carbocycles. The average Bonchev–Trinajstić information content (AvgIpc) is 2.36. The molecule has 2 N–H and O–H groups in total. The van der Waals surface area contributed by atoms with Gasteiger partial charge in [0.1, 0.15) is 0 Å². The topological polar surface area (TPSA) is 26.0 Å². The average molecular weight is 263 g/mol. The third-order valence-electron chi connectivity index (χ3n) is 6.97. The number of rotatable bonds is 6. The van der Waals surface area contributed by atoms with Crippen molar-refractivity contribution in [3.05, 3.63) is 0 Å². The first kappa shape index (κ1) is 13.9. The Balaban J connectivity index is 1.67. The maximum Gasteiger partial charge on any atom is -0.00746 e. The summed E-state index contributed by atoms with van der Waals surface area (Å²) in [5, 5.41) is 0. The van der Waals surface area contributed by atoms with Gasteiger partial charge in [0.25, 0.3) is 0 Å². The molecule has 0 amide bonds. The smallest absolute Gasteiger partial charge is 0.00746 e. The molecular formula is C18H33N. The van der Waals surface area contributed by atoms with Crippen LogP contribution in [-0.2, 0) is 0 Å². The van der Waals surface area contributed by atoms with Crippen LogP contribution in [0.2, 0.25) is 0 Å². The zero-order chi connectivity index (χ0) is 13.5. The molecule has 0 spiro atoms. The van der Waals surface area contributed by atoms with Gasteiger partial charge in [0, 0.05) is 0 Å². The van der Waals surface area contributed by atoms with E-state index in [-0.39, 0.29) is 0 Å². The lowest BCUT2D eigenvalue weighted by atomic mass is 9.46. The van der Waals surface area contributed by atoms with Gasteiger partial charge in [-0.25, -0.2) is 0 Å². The van der Waals surface area contributed by atoms with Crippen LogP contribution in [0.15, 0.2) is 0 Å². The van der Waals surface area contributed by atoms with Crippen LogP contribution in [0.5, 0.6) is 0 Å². The van der Waals surface area contributed by atoms with E-state index in [1.165, 1.54) is 19.3 Å². The third-order valence-corrected chi connectivity index (χ3v) is 6.97. The number of hydrogen-bond donors (Lipinski definition) is 1. The van der Waals surface area contributed by atoms with E-state index in [9.17, 15) is 0 Å². The van der Waals surface area contributed by atoms with Crippen LogP contribution >= 0.6 is 0 Å². The zero-order valence-corrected chi connectivity index (χ0v) is 13.0. The summed E-state index contributed by atoms with van der Waals surface area (Å²) in [5.74, 6) is 5.13. The molecule has 0 heterocycles.